The zero-order chi connectivity index (χ0) is 23.0. The molecule has 2 aliphatic rings. The molecule has 2 fully saturated rings. The van der Waals surface area contributed by atoms with Crippen molar-refractivity contribution >= 4 is 23.5 Å². The first-order valence-electron chi connectivity index (χ1n) is 10.3. The summed E-state index contributed by atoms with van der Waals surface area (Å²) in [4.78, 5) is 39.5. The van der Waals surface area contributed by atoms with Gasteiger partial charge in [0.05, 0.1) is 21.3 Å². The number of hydrogen-bond donors (Lipinski definition) is 2. The summed E-state index contributed by atoms with van der Waals surface area (Å²) < 4.78 is 15.9. The lowest BCUT2D eigenvalue weighted by molar-refractivity contribution is -0.136. The number of rotatable bonds is 6. The largest absolute Gasteiger partial charge is 0.493 e. The van der Waals surface area contributed by atoms with Gasteiger partial charge in [0.2, 0.25) is 11.7 Å². The maximum atomic E-state index is 13.2. The van der Waals surface area contributed by atoms with Gasteiger partial charge in [-0.3, -0.25) is 14.5 Å². The third-order valence-electron chi connectivity index (χ3n) is 5.87. The van der Waals surface area contributed by atoms with Crippen molar-refractivity contribution in [2.75, 3.05) is 33.2 Å². The molecule has 1 saturated carbocycles. The van der Waals surface area contributed by atoms with Crippen LogP contribution in [0.4, 0.5) is 10.5 Å². The second kappa shape index (κ2) is 8.28. The van der Waals surface area contributed by atoms with Gasteiger partial charge in [0.15, 0.2) is 11.5 Å². The summed E-state index contributed by atoms with van der Waals surface area (Å²) in [6, 6.07) is 2.63. The first-order chi connectivity index (χ1) is 14.5. The Morgan fingerprint density at radius 1 is 1.13 bits per heavy atom. The maximum Gasteiger partial charge on any atom is 0.325 e. The van der Waals surface area contributed by atoms with E-state index >= 15 is 0 Å². The number of carbonyl (C=O) groups is 3. The van der Waals surface area contributed by atoms with Gasteiger partial charge in [-0.1, -0.05) is 20.8 Å². The second-order valence-corrected chi connectivity index (χ2v) is 9.22. The van der Waals surface area contributed by atoms with Crippen molar-refractivity contribution in [1.29, 1.82) is 0 Å². The van der Waals surface area contributed by atoms with Gasteiger partial charge in [0, 0.05) is 17.8 Å². The lowest BCUT2D eigenvalue weighted by Gasteiger charge is -2.43. The number of benzene rings is 1. The molecular formula is C22H31N3O6. The van der Waals surface area contributed by atoms with Gasteiger partial charge in [-0.05, 0) is 30.6 Å². The Hall–Kier alpha value is -2.97. The maximum absolute atomic E-state index is 13.2. The molecule has 1 aromatic carbocycles. The van der Waals surface area contributed by atoms with E-state index in [-0.39, 0.29) is 17.9 Å². The van der Waals surface area contributed by atoms with Crippen molar-refractivity contribution in [3.8, 4) is 17.2 Å². The molecule has 1 heterocycles. The van der Waals surface area contributed by atoms with Crippen molar-refractivity contribution < 1.29 is 28.6 Å². The Kier molecular flexibility index (Phi) is 6.07. The second-order valence-electron chi connectivity index (χ2n) is 9.22. The lowest BCUT2D eigenvalue weighted by Crippen LogP contribution is -2.54. The molecule has 0 aromatic heterocycles. The predicted molar refractivity (Wildman–Crippen MR) is 114 cm³/mol. The minimum Gasteiger partial charge on any atom is -0.493 e. The van der Waals surface area contributed by atoms with Crippen LogP contribution in [-0.4, -0.2) is 56.2 Å². The van der Waals surface area contributed by atoms with Gasteiger partial charge in [-0.25, -0.2) is 4.79 Å². The number of nitrogens with zero attached hydrogens (tertiary/aromatic N) is 1. The Morgan fingerprint density at radius 2 is 1.74 bits per heavy atom. The topological polar surface area (TPSA) is 106 Å². The third kappa shape index (κ3) is 4.40. The SMILES string of the molecule is COc1cc(NC(=O)CN2C(=O)N[C@@]3(C[C@H](C)CC(C)(C)C3)C2=O)cc(OC)c1OC. The van der Waals surface area contributed by atoms with Gasteiger partial charge in [-0.15, -0.1) is 0 Å². The highest BCUT2D eigenvalue weighted by Gasteiger charge is 2.56. The highest BCUT2D eigenvalue weighted by Crippen LogP contribution is 2.46. The molecule has 0 radical (unpaired) electrons. The third-order valence-corrected chi connectivity index (χ3v) is 5.87. The van der Waals surface area contributed by atoms with Crippen LogP contribution in [-0.2, 0) is 9.59 Å². The van der Waals surface area contributed by atoms with E-state index in [0.29, 0.717) is 41.7 Å². The molecule has 1 saturated heterocycles. The van der Waals surface area contributed by atoms with E-state index in [1.807, 2.05) is 0 Å². The Labute approximate surface area is 182 Å². The smallest absolute Gasteiger partial charge is 0.325 e. The summed E-state index contributed by atoms with van der Waals surface area (Å²) in [6.45, 7) is 5.91. The molecule has 2 N–H and O–H groups in total. The van der Waals surface area contributed by atoms with E-state index < -0.39 is 17.5 Å². The molecule has 3 rings (SSSR count). The molecule has 4 amide bonds. The Bertz CT molecular complexity index is 874. The number of carbonyl (C=O) groups excluding carboxylic acids is 3. The fourth-order valence-corrected chi connectivity index (χ4v) is 5.15. The predicted octanol–water partition coefficient (Wildman–Crippen LogP) is 2.79. The molecule has 1 aliphatic carbocycles. The summed E-state index contributed by atoms with van der Waals surface area (Å²) >= 11 is 0. The fourth-order valence-electron chi connectivity index (χ4n) is 5.15. The molecule has 170 valence electrons. The minimum atomic E-state index is -0.939. The minimum absolute atomic E-state index is 0.0743. The lowest BCUT2D eigenvalue weighted by atomic mass is 9.64. The van der Waals surface area contributed by atoms with E-state index in [1.165, 1.54) is 21.3 Å². The molecule has 1 aromatic rings. The zero-order valence-corrected chi connectivity index (χ0v) is 19.0. The van der Waals surface area contributed by atoms with Crippen LogP contribution in [0.5, 0.6) is 17.2 Å². The number of anilines is 1. The average Bonchev–Trinajstić information content (AvgIpc) is 2.88. The van der Waals surface area contributed by atoms with Gasteiger partial charge in [0.1, 0.15) is 12.1 Å². The van der Waals surface area contributed by atoms with Crippen molar-refractivity contribution in [2.24, 2.45) is 11.3 Å². The molecule has 1 aliphatic heterocycles. The van der Waals surface area contributed by atoms with E-state index in [4.69, 9.17) is 14.2 Å². The summed E-state index contributed by atoms with van der Waals surface area (Å²) in [5, 5.41) is 5.58. The first kappa shape index (κ1) is 22.7. The van der Waals surface area contributed by atoms with Crippen molar-refractivity contribution in [3.63, 3.8) is 0 Å². The molecular weight excluding hydrogens is 402 g/mol. The average molecular weight is 434 g/mol. The summed E-state index contributed by atoms with van der Waals surface area (Å²) in [5.41, 5.74) is -0.617. The van der Waals surface area contributed by atoms with Crippen LogP contribution in [0.3, 0.4) is 0 Å². The van der Waals surface area contributed by atoms with Crippen LogP contribution in [0.25, 0.3) is 0 Å². The standard InChI is InChI=1S/C22H31N3O6/c1-13-9-21(2,3)12-22(10-13)19(27)25(20(28)24-22)11-17(26)23-14-7-15(29-4)18(31-6)16(8-14)30-5/h7-8,13H,9-12H2,1-6H3,(H,23,26)(H,24,28)/t13-,22-/m1/s1. The number of ether oxygens (including phenoxy) is 3. The quantitative estimate of drug-likeness (QED) is 0.668. The molecule has 9 nitrogen and oxygen atoms in total. The van der Waals surface area contributed by atoms with Gasteiger partial charge < -0.3 is 24.8 Å². The monoisotopic (exact) mass is 433 g/mol. The van der Waals surface area contributed by atoms with Crippen LogP contribution in [0.15, 0.2) is 12.1 Å². The summed E-state index contributed by atoms with van der Waals surface area (Å²) in [7, 11) is 4.43. The number of urea groups is 1. The number of imide groups is 1. The molecule has 9 heteroatoms. The van der Waals surface area contributed by atoms with E-state index in [9.17, 15) is 14.4 Å². The fraction of sp³-hybridized carbons (Fsp3) is 0.591. The number of hydrogen-bond acceptors (Lipinski definition) is 6. The van der Waals surface area contributed by atoms with Crippen molar-refractivity contribution in [2.45, 2.75) is 45.6 Å². The van der Waals surface area contributed by atoms with Crippen LogP contribution in [0.2, 0.25) is 0 Å². The summed E-state index contributed by atoms with van der Waals surface area (Å²) in [5.74, 6) is 0.609. The van der Waals surface area contributed by atoms with E-state index in [2.05, 4.69) is 31.4 Å². The Balaban J connectivity index is 1.75. The van der Waals surface area contributed by atoms with Gasteiger partial charge >= 0.3 is 6.03 Å². The van der Waals surface area contributed by atoms with Crippen molar-refractivity contribution in [3.05, 3.63) is 12.1 Å². The molecule has 31 heavy (non-hydrogen) atoms. The van der Waals surface area contributed by atoms with Gasteiger partial charge in [0.25, 0.3) is 5.91 Å². The molecule has 1 spiro atoms. The number of amides is 4. The normalized spacial score (nSPS) is 24.7. The molecule has 0 bridgehead atoms. The number of nitrogens with one attached hydrogen (secondary N) is 2. The highest BCUT2D eigenvalue weighted by atomic mass is 16.5. The Morgan fingerprint density at radius 3 is 2.26 bits per heavy atom. The summed E-state index contributed by atoms with van der Waals surface area (Å²) in [6.07, 6.45) is 2.12. The van der Waals surface area contributed by atoms with Crippen LogP contribution < -0.4 is 24.8 Å². The zero-order valence-electron chi connectivity index (χ0n) is 19.0. The molecule has 2 atom stereocenters. The first-order valence-corrected chi connectivity index (χ1v) is 10.3. The highest BCUT2D eigenvalue weighted by molar-refractivity contribution is 6.10. The molecule has 0 unspecified atom stereocenters. The van der Waals surface area contributed by atoms with Crippen LogP contribution in [0.1, 0.15) is 40.0 Å². The van der Waals surface area contributed by atoms with E-state index in [0.717, 1.165) is 11.3 Å². The van der Waals surface area contributed by atoms with E-state index in [1.54, 1.807) is 12.1 Å². The van der Waals surface area contributed by atoms with Gasteiger partial charge in [-0.2, -0.15) is 0 Å². The van der Waals surface area contributed by atoms with Crippen molar-refractivity contribution in [1.82, 2.24) is 10.2 Å². The number of methoxy groups -OCH3 is 3. The van der Waals surface area contributed by atoms with Crippen LogP contribution in [0, 0.1) is 11.3 Å². The van der Waals surface area contributed by atoms with Crippen LogP contribution >= 0.6 is 0 Å².